The molecule has 0 aromatic heterocycles. The zero-order valence-electron chi connectivity index (χ0n) is 11.0. The highest BCUT2D eigenvalue weighted by Crippen LogP contribution is 2.18. The highest BCUT2D eigenvalue weighted by molar-refractivity contribution is 5.94. The molecule has 0 bridgehead atoms. The zero-order chi connectivity index (χ0) is 14.4. The zero-order valence-corrected chi connectivity index (χ0v) is 11.0. The molecule has 1 heterocycles. The van der Waals surface area contributed by atoms with Crippen molar-refractivity contribution in [3.63, 3.8) is 0 Å². The molecule has 1 fully saturated rings. The molecule has 0 spiro atoms. The summed E-state index contributed by atoms with van der Waals surface area (Å²) in [5, 5.41) is 11.1. The van der Waals surface area contributed by atoms with Crippen molar-refractivity contribution in [1.82, 2.24) is 0 Å². The van der Waals surface area contributed by atoms with Crippen LogP contribution in [0.1, 0.15) is 24.8 Å². The molecule has 2 N–H and O–H groups in total. The van der Waals surface area contributed by atoms with E-state index in [2.05, 4.69) is 17.2 Å². The highest BCUT2D eigenvalue weighted by atomic mass is 19.1. The van der Waals surface area contributed by atoms with Crippen LogP contribution in [0.15, 0.2) is 18.2 Å². The number of aliphatic hydroxyl groups is 1. The number of halogens is 1. The van der Waals surface area contributed by atoms with Crippen molar-refractivity contribution in [2.75, 3.05) is 18.5 Å². The van der Waals surface area contributed by atoms with Gasteiger partial charge in [0, 0.05) is 18.6 Å². The summed E-state index contributed by atoms with van der Waals surface area (Å²) in [5.41, 5.74) is 0.629. The second-order valence-electron chi connectivity index (χ2n) is 4.46. The van der Waals surface area contributed by atoms with E-state index >= 15 is 0 Å². The largest absolute Gasteiger partial charge is 0.395 e. The summed E-state index contributed by atoms with van der Waals surface area (Å²) in [6, 6.07) is 4.36. The van der Waals surface area contributed by atoms with Gasteiger partial charge in [0.1, 0.15) is 11.9 Å². The van der Waals surface area contributed by atoms with E-state index in [0.29, 0.717) is 25.0 Å². The minimum Gasteiger partial charge on any atom is -0.395 e. The Morgan fingerprint density at radius 2 is 2.40 bits per heavy atom. The lowest BCUT2D eigenvalue weighted by Crippen LogP contribution is -2.27. The van der Waals surface area contributed by atoms with E-state index in [0.717, 1.165) is 6.42 Å². The lowest BCUT2D eigenvalue weighted by atomic mass is 10.1. The van der Waals surface area contributed by atoms with Gasteiger partial charge in [0.2, 0.25) is 0 Å². The summed E-state index contributed by atoms with van der Waals surface area (Å²) < 4.78 is 19.1. The number of ether oxygens (including phenoxy) is 1. The van der Waals surface area contributed by atoms with Crippen LogP contribution in [0.2, 0.25) is 0 Å². The van der Waals surface area contributed by atoms with Gasteiger partial charge in [-0.15, -0.1) is 0 Å². The molecule has 1 aromatic carbocycles. The Morgan fingerprint density at radius 3 is 3.05 bits per heavy atom. The molecule has 1 aliphatic rings. The van der Waals surface area contributed by atoms with Crippen LogP contribution in [-0.4, -0.2) is 30.3 Å². The predicted octanol–water partition coefficient (Wildman–Crippen LogP) is 1.68. The van der Waals surface area contributed by atoms with Crippen molar-refractivity contribution in [1.29, 1.82) is 0 Å². The van der Waals surface area contributed by atoms with Gasteiger partial charge >= 0.3 is 0 Å². The molecule has 5 heteroatoms. The maximum absolute atomic E-state index is 13.8. The fourth-order valence-corrected chi connectivity index (χ4v) is 1.91. The number of rotatable bonds is 3. The molecular formula is C15H16FNO3. The molecule has 1 aliphatic heterocycles. The second-order valence-corrected chi connectivity index (χ2v) is 4.46. The third kappa shape index (κ3) is 3.80. The van der Waals surface area contributed by atoms with Crippen LogP contribution in [-0.2, 0) is 9.53 Å². The van der Waals surface area contributed by atoms with Crippen molar-refractivity contribution in [3.05, 3.63) is 29.6 Å². The molecule has 0 radical (unpaired) electrons. The van der Waals surface area contributed by atoms with E-state index in [1.807, 2.05) is 0 Å². The van der Waals surface area contributed by atoms with E-state index in [9.17, 15) is 9.18 Å². The molecular weight excluding hydrogens is 261 g/mol. The molecule has 1 atom stereocenters. The maximum Gasteiger partial charge on any atom is 0.253 e. The van der Waals surface area contributed by atoms with E-state index in [-0.39, 0.29) is 18.2 Å². The number of anilines is 1. The van der Waals surface area contributed by atoms with Crippen molar-refractivity contribution >= 4 is 11.6 Å². The molecule has 1 aromatic rings. The highest BCUT2D eigenvalue weighted by Gasteiger charge is 2.24. The number of aliphatic hydroxyl groups excluding tert-OH is 1. The summed E-state index contributed by atoms with van der Waals surface area (Å²) in [7, 11) is 0. The minimum absolute atomic E-state index is 0.0228. The normalized spacial score (nSPS) is 17.4. The number of amides is 1. The Balaban J connectivity index is 2.02. The number of benzene rings is 1. The van der Waals surface area contributed by atoms with Crippen LogP contribution < -0.4 is 5.32 Å². The first-order valence-corrected chi connectivity index (χ1v) is 6.52. The number of hydrogen-bond acceptors (Lipinski definition) is 3. The molecule has 20 heavy (non-hydrogen) atoms. The molecule has 0 aliphatic carbocycles. The number of hydrogen-bond donors (Lipinski definition) is 2. The first-order chi connectivity index (χ1) is 9.70. The van der Waals surface area contributed by atoms with E-state index in [1.165, 1.54) is 12.1 Å². The van der Waals surface area contributed by atoms with Gasteiger partial charge < -0.3 is 15.2 Å². The summed E-state index contributed by atoms with van der Waals surface area (Å²) >= 11 is 0. The monoisotopic (exact) mass is 277 g/mol. The van der Waals surface area contributed by atoms with Crippen LogP contribution in [0, 0.1) is 17.7 Å². The summed E-state index contributed by atoms with van der Waals surface area (Å²) in [6.45, 7) is 0.547. The quantitative estimate of drug-likeness (QED) is 0.826. The van der Waals surface area contributed by atoms with Crippen LogP contribution in [0.5, 0.6) is 0 Å². The van der Waals surface area contributed by atoms with Gasteiger partial charge in [0.05, 0.1) is 12.3 Å². The van der Waals surface area contributed by atoms with Gasteiger partial charge in [0.25, 0.3) is 5.91 Å². The lowest BCUT2D eigenvalue weighted by molar-refractivity contribution is -0.124. The second kappa shape index (κ2) is 7.04. The smallest absolute Gasteiger partial charge is 0.253 e. The Labute approximate surface area is 116 Å². The summed E-state index contributed by atoms with van der Waals surface area (Å²) in [5.74, 6) is 4.59. The maximum atomic E-state index is 13.8. The molecule has 2 rings (SSSR count). The average molecular weight is 277 g/mol. The molecule has 0 saturated carbocycles. The topological polar surface area (TPSA) is 58.6 Å². The molecule has 1 amide bonds. The Morgan fingerprint density at radius 1 is 1.55 bits per heavy atom. The van der Waals surface area contributed by atoms with Crippen LogP contribution >= 0.6 is 0 Å². The summed E-state index contributed by atoms with van der Waals surface area (Å²) in [4.78, 5) is 11.8. The third-order valence-corrected chi connectivity index (χ3v) is 2.92. The minimum atomic E-state index is -0.535. The third-order valence-electron chi connectivity index (χ3n) is 2.92. The van der Waals surface area contributed by atoms with Gasteiger partial charge in [-0.05, 0) is 31.0 Å². The van der Waals surface area contributed by atoms with Gasteiger partial charge in [-0.3, -0.25) is 4.79 Å². The van der Waals surface area contributed by atoms with Crippen molar-refractivity contribution in [2.45, 2.75) is 25.4 Å². The van der Waals surface area contributed by atoms with Gasteiger partial charge in [-0.25, -0.2) is 4.39 Å². The predicted molar refractivity (Wildman–Crippen MR) is 72.6 cm³/mol. The van der Waals surface area contributed by atoms with E-state index in [1.54, 1.807) is 6.07 Å². The van der Waals surface area contributed by atoms with Crippen molar-refractivity contribution in [2.24, 2.45) is 0 Å². The fraction of sp³-hybridized carbons (Fsp3) is 0.400. The van der Waals surface area contributed by atoms with Gasteiger partial charge in [-0.1, -0.05) is 11.8 Å². The van der Waals surface area contributed by atoms with Crippen molar-refractivity contribution < 1.29 is 19.0 Å². The van der Waals surface area contributed by atoms with Crippen molar-refractivity contribution in [3.8, 4) is 11.8 Å². The fourth-order valence-electron chi connectivity index (χ4n) is 1.91. The molecule has 1 unspecified atom stereocenters. The van der Waals surface area contributed by atoms with Crippen LogP contribution in [0.25, 0.3) is 0 Å². The van der Waals surface area contributed by atoms with E-state index < -0.39 is 11.9 Å². The molecule has 106 valence electrons. The van der Waals surface area contributed by atoms with Gasteiger partial charge in [0.15, 0.2) is 0 Å². The Kier molecular flexibility index (Phi) is 5.10. The van der Waals surface area contributed by atoms with Crippen LogP contribution in [0.3, 0.4) is 0 Å². The molecule has 1 saturated heterocycles. The number of carbonyl (C=O) groups excluding carboxylic acids is 1. The van der Waals surface area contributed by atoms with Crippen LogP contribution in [0.4, 0.5) is 10.1 Å². The molecule has 4 nitrogen and oxygen atoms in total. The van der Waals surface area contributed by atoms with E-state index in [4.69, 9.17) is 9.84 Å². The number of carbonyl (C=O) groups is 1. The summed E-state index contributed by atoms with van der Waals surface area (Å²) in [6.07, 6.45) is 1.37. The standard InChI is InChI=1S/C15H16FNO3/c16-12-10-11(4-1-2-8-18)6-7-13(12)17-15(19)14-5-3-9-20-14/h6-7,10,14,18H,2-3,5,8-9H2,(H,17,19). The van der Waals surface area contributed by atoms with Gasteiger partial charge in [-0.2, -0.15) is 0 Å². The Hall–Kier alpha value is -1.90. The first kappa shape index (κ1) is 14.5. The lowest BCUT2D eigenvalue weighted by Gasteiger charge is -2.11. The SMILES string of the molecule is O=C(Nc1ccc(C#CCCO)cc1F)C1CCCO1. The first-order valence-electron chi connectivity index (χ1n) is 6.52. The average Bonchev–Trinajstić information content (AvgIpc) is 2.96. The Bertz CT molecular complexity index is 542. The number of nitrogens with one attached hydrogen (secondary N) is 1.